The Hall–Kier alpha value is -6.33. The summed E-state index contributed by atoms with van der Waals surface area (Å²) in [7, 11) is 3.82. The highest BCUT2D eigenvalue weighted by Gasteiger charge is 2.16. The van der Waals surface area contributed by atoms with Crippen molar-refractivity contribution < 1.29 is 14.6 Å². The van der Waals surface area contributed by atoms with Gasteiger partial charge in [0.1, 0.15) is 29.1 Å². The van der Waals surface area contributed by atoms with Crippen molar-refractivity contribution in [1.82, 2.24) is 39.5 Å². The average molecular weight is 697 g/mol. The Morgan fingerprint density at radius 1 is 0.706 bits per heavy atom. The van der Waals surface area contributed by atoms with Crippen LogP contribution < -0.4 is 9.47 Å². The van der Waals surface area contributed by atoms with Gasteiger partial charge in [-0.05, 0) is 56.3 Å². The van der Waals surface area contributed by atoms with Crippen molar-refractivity contribution in [3.05, 3.63) is 132 Å². The summed E-state index contributed by atoms with van der Waals surface area (Å²) in [6.07, 6.45) is 8.38. The molecule has 11 nitrogen and oxygen atoms in total. The minimum absolute atomic E-state index is 0.180. The van der Waals surface area contributed by atoms with Crippen LogP contribution in [0.15, 0.2) is 110 Å². The molecule has 0 bridgehead atoms. The third-order valence-corrected chi connectivity index (χ3v) is 8.59. The number of hydrogen-bond donors (Lipinski definition) is 1. The highest BCUT2D eigenvalue weighted by atomic mass is 35.5. The summed E-state index contributed by atoms with van der Waals surface area (Å²) in [5.74, 6) is 1.79. The maximum absolute atomic E-state index is 9.90. The Balaban J connectivity index is 0.000000190. The number of halogens is 1. The molecule has 0 aliphatic heterocycles. The van der Waals surface area contributed by atoms with E-state index in [-0.39, 0.29) is 12.4 Å². The summed E-state index contributed by atoms with van der Waals surface area (Å²) < 4.78 is 15.8. The molecule has 0 fully saturated rings. The number of rotatable bonds is 7. The molecule has 0 unspecified atom stereocenters. The minimum Gasteiger partial charge on any atom is -0.506 e. The van der Waals surface area contributed by atoms with Crippen molar-refractivity contribution >= 4 is 33.4 Å². The van der Waals surface area contributed by atoms with Gasteiger partial charge in [-0.3, -0.25) is 14.3 Å². The molecule has 0 radical (unpaired) electrons. The third-order valence-electron chi connectivity index (χ3n) is 8.26. The molecule has 0 spiro atoms. The second-order valence-corrected chi connectivity index (χ2v) is 12.2. The van der Waals surface area contributed by atoms with Crippen molar-refractivity contribution in [3.8, 4) is 45.6 Å². The van der Waals surface area contributed by atoms with Crippen LogP contribution in [0.25, 0.3) is 44.3 Å². The van der Waals surface area contributed by atoms with Gasteiger partial charge in [-0.25, -0.2) is 15.0 Å². The number of phenolic OH excluding ortho intramolecular Hbond substituents is 1. The van der Waals surface area contributed by atoms with Gasteiger partial charge in [-0.15, -0.1) is 0 Å². The van der Waals surface area contributed by atoms with Crippen molar-refractivity contribution in [2.45, 2.75) is 20.5 Å². The van der Waals surface area contributed by atoms with Gasteiger partial charge in [0, 0.05) is 78.2 Å². The van der Waals surface area contributed by atoms with Gasteiger partial charge in [0.2, 0.25) is 5.88 Å². The second kappa shape index (κ2) is 14.3. The molecule has 6 aromatic heterocycles. The van der Waals surface area contributed by atoms with Crippen LogP contribution in [0.5, 0.6) is 23.1 Å². The van der Waals surface area contributed by atoms with Crippen LogP contribution in [0.1, 0.15) is 17.0 Å². The first-order valence-corrected chi connectivity index (χ1v) is 16.4. The summed E-state index contributed by atoms with van der Waals surface area (Å²) in [5.41, 5.74) is 7.93. The predicted octanol–water partition coefficient (Wildman–Crippen LogP) is 8.41. The maximum atomic E-state index is 9.90. The van der Waals surface area contributed by atoms with E-state index in [9.17, 15) is 5.11 Å². The Bertz CT molecular complexity index is 2500. The Morgan fingerprint density at radius 3 is 1.98 bits per heavy atom. The Labute approximate surface area is 298 Å². The molecule has 51 heavy (non-hydrogen) atoms. The number of hydrogen-bond acceptors (Lipinski definition) is 9. The summed E-state index contributed by atoms with van der Waals surface area (Å²) >= 11 is 6.45. The molecule has 0 saturated carbocycles. The average Bonchev–Trinajstić information content (AvgIpc) is 3.76. The molecule has 2 aromatic carbocycles. The van der Waals surface area contributed by atoms with E-state index in [1.54, 1.807) is 43.1 Å². The van der Waals surface area contributed by atoms with Crippen molar-refractivity contribution in [2.24, 2.45) is 14.1 Å². The molecular formula is C39H33ClN8O3. The normalized spacial score (nSPS) is 11.0. The second-order valence-electron chi connectivity index (χ2n) is 11.8. The number of para-hydroxylation sites is 2. The van der Waals surface area contributed by atoms with Crippen molar-refractivity contribution in [1.29, 1.82) is 0 Å². The molecule has 0 saturated heterocycles. The van der Waals surface area contributed by atoms with E-state index in [1.807, 2.05) is 98.0 Å². The van der Waals surface area contributed by atoms with E-state index in [1.165, 1.54) is 0 Å². The van der Waals surface area contributed by atoms with Crippen LogP contribution in [0.2, 0.25) is 5.02 Å². The van der Waals surface area contributed by atoms with Crippen LogP contribution in [-0.2, 0) is 20.7 Å². The smallest absolute Gasteiger partial charge is 0.219 e. The fourth-order valence-corrected chi connectivity index (χ4v) is 6.07. The van der Waals surface area contributed by atoms with Gasteiger partial charge in [0.05, 0.1) is 28.2 Å². The molecule has 0 amide bonds. The fraction of sp³-hybridized carbons (Fsp3) is 0.128. The lowest BCUT2D eigenvalue weighted by Crippen LogP contribution is -2.02. The van der Waals surface area contributed by atoms with E-state index in [0.29, 0.717) is 33.5 Å². The van der Waals surface area contributed by atoms with E-state index in [4.69, 9.17) is 26.1 Å². The number of aryl methyl sites for hydroxylation is 4. The molecular weight excluding hydrogens is 664 g/mol. The number of phenols is 1. The van der Waals surface area contributed by atoms with Gasteiger partial charge in [0.15, 0.2) is 5.75 Å². The summed E-state index contributed by atoms with van der Waals surface area (Å²) in [4.78, 5) is 17.5. The zero-order valence-electron chi connectivity index (χ0n) is 28.3. The van der Waals surface area contributed by atoms with E-state index < -0.39 is 0 Å². The van der Waals surface area contributed by atoms with E-state index >= 15 is 0 Å². The highest BCUT2D eigenvalue weighted by Crippen LogP contribution is 2.35. The predicted molar refractivity (Wildman–Crippen MR) is 197 cm³/mol. The number of fused-ring (bicyclic) bond motifs is 2. The molecule has 0 atom stereocenters. The summed E-state index contributed by atoms with van der Waals surface area (Å²) in [5, 5.41) is 20.8. The first kappa shape index (κ1) is 33.2. The number of nitrogens with zero attached hydrogens (tertiary/aromatic N) is 8. The molecule has 254 valence electrons. The summed E-state index contributed by atoms with van der Waals surface area (Å²) in [6.45, 7) is 4.07. The lowest BCUT2D eigenvalue weighted by Gasteiger charge is -2.15. The fourth-order valence-electron chi connectivity index (χ4n) is 5.87. The molecule has 8 aromatic rings. The molecule has 8 rings (SSSR count). The van der Waals surface area contributed by atoms with Gasteiger partial charge < -0.3 is 14.6 Å². The van der Waals surface area contributed by atoms with Crippen molar-refractivity contribution in [3.63, 3.8) is 0 Å². The Morgan fingerprint density at radius 2 is 1.35 bits per heavy atom. The zero-order valence-corrected chi connectivity index (χ0v) is 29.1. The van der Waals surface area contributed by atoms with Gasteiger partial charge in [-0.1, -0.05) is 41.9 Å². The topological polar surface area (TPSA) is 126 Å². The van der Waals surface area contributed by atoms with Gasteiger partial charge in [0.25, 0.3) is 0 Å². The van der Waals surface area contributed by atoms with Crippen LogP contribution >= 0.6 is 11.6 Å². The highest BCUT2D eigenvalue weighted by molar-refractivity contribution is 6.31. The Kier molecular flexibility index (Phi) is 9.28. The molecule has 12 heteroatoms. The van der Waals surface area contributed by atoms with Crippen LogP contribution in [0.4, 0.5) is 0 Å². The largest absolute Gasteiger partial charge is 0.506 e. The first-order valence-electron chi connectivity index (χ1n) is 16.1. The monoisotopic (exact) mass is 696 g/mol. The van der Waals surface area contributed by atoms with Crippen molar-refractivity contribution in [2.75, 3.05) is 0 Å². The number of aromatic hydroxyl groups is 1. The number of pyridine rings is 4. The lowest BCUT2D eigenvalue weighted by molar-refractivity contribution is 0.302. The first-order chi connectivity index (χ1) is 24.8. The van der Waals surface area contributed by atoms with Crippen LogP contribution in [0, 0.1) is 13.8 Å². The molecule has 6 heterocycles. The van der Waals surface area contributed by atoms with Gasteiger partial charge in [-0.2, -0.15) is 10.2 Å². The van der Waals surface area contributed by atoms with Gasteiger partial charge >= 0.3 is 0 Å². The van der Waals surface area contributed by atoms with E-state index in [2.05, 4.69) is 31.2 Å². The minimum atomic E-state index is 0.180. The number of aromatic nitrogens is 8. The van der Waals surface area contributed by atoms with Crippen LogP contribution in [-0.4, -0.2) is 44.6 Å². The molecule has 0 aliphatic rings. The van der Waals surface area contributed by atoms with Crippen LogP contribution in [0.3, 0.4) is 0 Å². The quantitative estimate of drug-likeness (QED) is 0.175. The SMILES string of the molecule is Cc1cc(-c2ccnn2C)c2cccc(O)c2n1.Cc1cc(-c2ccnn2C)c2cccc(OCc3c(Cl)cncc3Oc3ccccn3)c2n1. The summed E-state index contributed by atoms with van der Waals surface area (Å²) in [6, 6.07) is 24.8. The van der Waals surface area contributed by atoms with E-state index in [0.717, 1.165) is 50.2 Å². The zero-order chi connectivity index (χ0) is 35.5. The third kappa shape index (κ3) is 6.92. The maximum Gasteiger partial charge on any atom is 0.219 e. The molecule has 1 N–H and O–H groups in total. The lowest BCUT2D eigenvalue weighted by atomic mass is 10.0. The molecule has 0 aliphatic carbocycles. The number of ether oxygens (including phenoxy) is 2. The number of benzene rings is 2. The standard InChI is InChI=1S/C25H20ClN5O2.C14H13N3O/c1-16-12-18(21-9-11-29-31(21)2)17-6-5-7-22(25(17)30-16)32-15-19-20(26)13-27-14-23(19)33-24-8-3-4-10-28-24;1-9-8-11(12-6-7-15-17(12)2)10-4-3-5-13(18)14(10)16-9/h3-14H,15H2,1-2H3;3-8,18H,1-2H3.